The molecule has 0 aliphatic carbocycles. The van der Waals surface area contributed by atoms with Crippen molar-refractivity contribution in [1.29, 1.82) is 0 Å². The van der Waals surface area contributed by atoms with Gasteiger partial charge < -0.3 is 26.2 Å². The minimum Gasteiger partial charge on any atom is -0.393 e. The fourth-order valence-corrected chi connectivity index (χ4v) is 7.35. The lowest BCUT2D eigenvalue weighted by Gasteiger charge is -2.24. The standard InChI is InChI=1S/C42H85N2O7P/c1-3-5-7-9-11-13-15-17-18-19-20-22-23-25-27-29-31-33-39(45)37-42(47)44-40(38-51-52(48,49)50-36-35-43)41(46)34-32-30-28-26-24-21-16-14-12-10-8-6-4-2/h32,34,39-41,45-46H,3-31,33,35-38,43H2,1-2H3,(H,44,47)(H,48,49)/b34-32+. The summed E-state index contributed by atoms with van der Waals surface area (Å²) in [6.45, 7) is 3.98. The summed E-state index contributed by atoms with van der Waals surface area (Å²) < 4.78 is 22.1. The van der Waals surface area contributed by atoms with E-state index in [1.54, 1.807) is 6.08 Å². The summed E-state index contributed by atoms with van der Waals surface area (Å²) in [5, 5.41) is 24.0. The Morgan fingerprint density at radius 2 is 1.06 bits per heavy atom. The van der Waals surface area contributed by atoms with Crippen LogP contribution in [-0.4, -0.2) is 59.0 Å². The summed E-state index contributed by atoms with van der Waals surface area (Å²) >= 11 is 0. The van der Waals surface area contributed by atoms with Crippen LogP contribution in [0.1, 0.15) is 213 Å². The molecule has 0 saturated carbocycles. The van der Waals surface area contributed by atoms with Gasteiger partial charge in [0.25, 0.3) is 0 Å². The number of phosphoric acid groups is 1. The van der Waals surface area contributed by atoms with Crippen molar-refractivity contribution < 1.29 is 33.5 Å². The molecule has 0 aromatic heterocycles. The van der Waals surface area contributed by atoms with Crippen LogP contribution in [0.4, 0.5) is 0 Å². The van der Waals surface area contributed by atoms with E-state index in [1.807, 2.05) is 6.08 Å². The highest BCUT2D eigenvalue weighted by Crippen LogP contribution is 2.43. The Kier molecular flexibility index (Phi) is 37.9. The Bertz CT molecular complexity index is 847. The average Bonchev–Trinajstić information content (AvgIpc) is 3.12. The van der Waals surface area contributed by atoms with Crippen molar-refractivity contribution in [2.45, 2.75) is 231 Å². The van der Waals surface area contributed by atoms with Crippen LogP contribution in [0.5, 0.6) is 0 Å². The van der Waals surface area contributed by atoms with Crippen molar-refractivity contribution in [2.24, 2.45) is 5.73 Å². The number of aliphatic hydroxyl groups is 2. The number of carbonyl (C=O) groups is 1. The third-order valence-electron chi connectivity index (χ3n) is 9.92. The predicted octanol–water partition coefficient (Wildman–Crippen LogP) is 11.0. The van der Waals surface area contributed by atoms with Crippen molar-refractivity contribution >= 4 is 13.7 Å². The molecule has 6 N–H and O–H groups in total. The van der Waals surface area contributed by atoms with Crippen LogP contribution in [0.25, 0.3) is 0 Å². The molecule has 0 bridgehead atoms. The number of hydrogen-bond donors (Lipinski definition) is 5. The predicted molar refractivity (Wildman–Crippen MR) is 218 cm³/mol. The molecule has 0 aliphatic heterocycles. The van der Waals surface area contributed by atoms with E-state index in [0.717, 1.165) is 38.5 Å². The molecule has 0 spiro atoms. The first kappa shape index (κ1) is 51.2. The largest absolute Gasteiger partial charge is 0.472 e. The summed E-state index contributed by atoms with van der Waals surface area (Å²) in [5.74, 6) is -0.443. The van der Waals surface area contributed by atoms with Crippen molar-refractivity contribution in [3.05, 3.63) is 12.2 Å². The second-order valence-corrected chi connectivity index (χ2v) is 16.6. The van der Waals surface area contributed by atoms with Crippen LogP contribution in [0.3, 0.4) is 0 Å². The van der Waals surface area contributed by atoms with Gasteiger partial charge in [-0.25, -0.2) is 4.57 Å². The van der Waals surface area contributed by atoms with E-state index in [9.17, 15) is 24.5 Å². The number of amides is 1. The molecule has 0 aromatic carbocycles. The first-order valence-electron chi connectivity index (χ1n) is 21.9. The lowest BCUT2D eigenvalue weighted by atomic mass is 10.0. The molecule has 0 radical (unpaired) electrons. The van der Waals surface area contributed by atoms with Crippen LogP contribution in [0.15, 0.2) is 12.2 Å². The minimum atomic E-state index is -4.39. The van der Waals surface area contributed by atoms with Crippen molar-refractivity contribution in [3.63, 3.8) is 0 Å². The molecule has 310 valence electrons. The van der Waals surface area contributed by atoms with E-state index >= 15 is 0 Å². The third-order valence-corrected chi connectivity index (χ3v) is 10.9. The number of rotatable bonds is 41. The Morgan fingerprint density at radius 1 is 0.654 bits per heavy atom. The monoisotopic (exact) mass is 761 g/mol. The maximum absolute atomic E-state index is 12.8. The van der Waals surface area contributed by atoms with Crippen molar-refractivity contribution in [2.75, 3.05) is 19.8 Å². The quantitative estimate of drug-likeness (QED) is 0.0235. The van der Waals surface area contributed by atoms with Crippen molar-refractivity contribution in [1.82, 2.24) is 5.32 Å². The van der Waals surface area contributed by atoms with Crippen molar-refractivity contribution in [3.8, 4) is 0 Å². The molecule has 1 amide bonds. The maximum atomic E-state index is 12.8. The molecule has 0 rings (SSSR count). The minimum absolute atomic E-state index is 0.0514. The Balaban J connectivity index is 4.27. The Morgan fingerprint density at radius 3 is 1.48 bits per heavy atom. The van der Waals surface area contributed by atoms with E-state index in [0.29, 0.717) is 6.42 Å². The fraction of sp³-hybridized carbons (Fsp3) is 0.929. The zero-order valence-electron chi connectivity index (χ0n) is 33.9. The first-order chi connectivity index (χ1) is 25.3. The van der Waals surface area contributed by atoms with Crippen LogP contribution in [0, 0.1) is 0 Å². The maximum Gasteiger partial charge on any atom is 0.472 e. The first-order valence-corrected chi connectivity index (χ1v) is 23.4. The van der Waals surface area contributed by atoms with Crippen LogP contribution >= 0.6 is 7.82 Å². The second kappa shape index (κ2) is 38.5. The summed E-state index contributed by atoms with van der Waals surface area (Å²) in [5.41, 5.74) is 5.36. The SMILES string of the molecule is CCCCCCCCCCCCC/C=C/C(O)C(COP(=O)(O)OCCN)NC(=O)CC(O)CCCCCCCCCCCCCCCCCCC. The van der Waals surface area contributed by atoms with Crippen LogP contribution in [0.2, 0.25) is 0 Å². The number of carbonyl (C=O) groups excluding carboxylic acids is 1. The van der Waals surface area contributed by atoms with Gasteiger partial charge in [0.15, 0.2) is 0 Å². The summed E-state index contributed by atoms with van der Waals surface area (Å²) in [4.78, 5) is 22.7. The number of nitrogens with one attached hydrogen (secondary N) is 1. The molecule has 10 heteroatoms. The third kappa shape index (κ3) is 36.2. The molecule has 4 atom stereocenters. The fourth-order valence-electron chi connectivity index (χ4n) is 6.59. The average molecular weight is 761 g/mol. The van der Waals surface area contributed by atoms with Crippen LogP contribution in [-0.2, 0) is 18.4 Å². The highest BCUT2D eigenvalue weighted by atomic mass is 31.2. The number of hydrogen-bond acceptors (Lipinski definition) is 7. The molecule has 52 heavy (non-hydrogen) atoms. The Labute approximate surface area is 320 Å². The van der Waals surface area contributed by atoms with E-state index in [1.165, 1.54) is 148 Å². The summed E-state index contributed by atoms with van der Waals surface area (Å²) in [6, 6.07) is -0.976. The van der Waals surface area contributed by atoms with Gasteiger partial charge in [-0.1, -0.05) is 199 Å². The molecule has 9 nitrogen and oxygen atoms in total. The summed E-state index contributed by atoms with van der Waals surface area (Å²) in [7, 11) is -4.39. The lowest BCUT2D eigenvalue weighted by Crippen LogP contribution is -2.46. The zero-order valence-corrected chi connectivity index (χ0v) is 34.8. The summed E-state index contributed by atoms with van der Waals surface area (Å²) in [6.07, 6.45) is 38.6. The molecule has 0 heterocycles. The molecule has 0 fully saturated rings. The van der Waals surface area contributed by atoms with Gasteiger partial charge in [-0.3, -0.25) is 13.8 Å². The lowest BCUT2D eigenvalue weighted by molar-refractivity contribution is -0.124. The van der Waals surface area contributed by atoms with Gasteiger partial charge in [-0.15, -0.1) is 0 Å². The van der Waals surface area contributed by atoms with Gasteiger partial charge in [-0.2, -0.15) is 0 Å². The van der Waals surface area contributed by atoms with E-state index in [2.05, 4.69) is 19.2 Å². The number of aliphatic hydroxyl groups excluding tert-OH is 2. The topological polar surface area (TPSA) is 151 Å². The zero-order chi connectivity index (χ0) is 38.4. The van der Waals surface area contributed by atoms with Gasteiger partial charge in [0.1, 0.15) is 0 Å². The Hall–Kier alpha value is -0.800. The molecular formula is C42H85N2O7P. The number of allylic oxidation sites excluding steroid dienone is 1. The van der Waals surface area contributed by atoms with E-state index in [-0.39, 0.29) is 19.6 Å². The number of nitrogens with two attached hydrogens (primary N) is 1. The van der Waals surface area contributed by atoms with Gasteiger partial charge in [0.2, 0.25) is 5.91 Å². The van der Waals surface area contributed by atoms with Gasteiger partial charge in [0, 0.05) is 6.54 Å². The normalized spacial score (nSPS) is 14.8. The van der Waals surface area contributed by atoms with Gasteiger partial charge >= 0.3 is 7.82 Å². The molecule has 0 saturated heterocycles. The smallest absolute Gasteiger partial charge is 0.393 e. The van der Waals surface area contributed by atoms with Crippen LogP contribution < -0.4 is 11.1 Å². The highest BCUT2D eigenvalue weighted by molar-refractivity contribution is 7.47. The van der Waals surface area contributed by atoms with E-state index < -0.39 is 38.6 Å². The molecule has 0 aromatic rings. The molecule has 4 unspecified atom stereocenters. The van der Waals surface area contributed by atoms with E-state index in [4.69, 9.17) is 14.8 Å². The second-order valence-electron chi connectivity index (χ2n) is 15.1. The van der Waals surface area contributed by atoms with Gasteiger partial charge in [0.05, 0.1) is 37.9 Å². The van der Waals surface area contributed by atoms with Gasteiger partial charge in [-0.05, 0) is 19.3 Å². The molecular weight excluding hydrogens is 675 g/mol. The number of unbranched alkanes of at least 4 members (excludes halogenated alkanes) is 27. The number of phosphoric ester groups is 1. The highest BCUT2D eigenvalue weighted by Gasteiger charge is 2.27. The molecule has 0 aliphatic rings.